The van der Waals surface area contributed by atoms with Crippen LogP contribution in [0, 0.1) is 0 Å². The Morgan fingerprint density at radius 2 is 2.00 bits per heavy atom. The summed E-state index contributed by atoms with van der Waals surface area (Å²) < 4.78 is 5.79. The van der Waals surface area contributed by atoms with Crippen LogP contribution in [0.4, 0.5) is 11.4 Å². The van der Waals surface area contributed by atoms with Crippen LogP contribution in [0.25, 0.3) is 0 Å². The van der Waals surface area contributed by atoms with Gasteiger partial charge >= 0.3 is 0 Å². The van der Waals surface area contributed by atoms with Crippen LogP contribution in [0.3, 0.4) is 0 Å². The topological polar surface area (TPSA) is 67.4 Å². The molecule has 3 aromatic rings. The van der Waals surface area contributed by atoms with Gasteiger partial charge in [-0.05, 0) is 30.7 Å². The molecule has 1 heterocycles. The van der Waals surface area contributed by atoms with Gasteiger partial charge in [0.25, 0.3) is 5.91 Å². The highest BCUT2D eigenvalue weighted by molar-refractivity contribution is 6.34. The summed E-state index contributed by atoms with van der Waals surface area (Å²) in [6.45, 7) is 2.88. The van der Waals surface area contributed by atoms with Crippen LogP contribution in [0.1, 0.15) is 23.7 Å². The third-order valence-electron chi connectivity index (χ3n) is 4.14. The van der Waals surface area contributed by atoms with E-state index in [4.69, 9.17) is 27.9 Å². The third kappa shape index (κ3) is 4.96. The van der Waals surface area contributed by atoms with Crippen LogP contribution >= 0.6 is 23.2 Å². The second-order valence-corrected chi connectivity index (χ2v) is 7.07. The van der Waals surface area contributed by atoms with E-state index in [0.29, 0.717) is 15.8 Å². The van der Waals surface area contributed by atoms with Gasteiger partial charge < -0.3 is 15.0 Å². The maximum absolute atomic E-state index is 13.2. The standard InChI is InChI=1S/C21H20Cl2N4O2/c1-3-10-25-17-6-4-5-7-18(17)27(2)21(28)15-12-24-13-26-20(15)29-19-11-14(22)8-9-16(19)23/h4-9,11-13,25H,3,10H2,1-2H3. The average molecular weight is 431 g/mol. The van der Waals surface area contributed by atoms with Crippen LogP contribution in [0.5, 0.6) is 11.6 Å². The van der Waals surface area contributed by atoms with E-state index in [2.05, 4.69) is 22.2 Å². The molecule has 1 amide bonds. The van der Waals surface area contributed by atoms with E-state index in [1.165, 1.54) is 17.4 Å². The van der Waals surface area contributed by atoms with Gasteiger partial charge in [0.15, 0.2) is 0 Å². The van der Waals surface area contributed by atoms with Gasteiger partial charge in [-0.25, -0.2) is 9.97 Å². The van der Waals surface area contributed by atoms with Gasteiger partial charge in [-0.15, -0.1) is 0 Å². The molecule has 8 heteroatoms. The zero-order chi connectivity index (χ0) is 20.8. The molecule has 0 atom stereocenters. The number of aromatic nitrogens is 2. The van der Waals surface area contributed by atoms with Crippen molar-refractivity contribution < 1.29 is 9.53 Å². The van der Waals surface area contributed by atoms with Gasteiger partial charge in [0.05, 0.1) is 16.4 Å². The minimum atomic E-state index is -0.315. The lowest BCUT2D eigenvalue weighted by Gasteiger charge is -2.22. The van der Waals surface area contributed by atoms with Gasteiger partial charge in [0, 0.05) is 30.9 Å². The van der Waals surface area contributed by atoms with Crippen molar-refractivity contribution >= 4 is 40.5 Å². The first-order chi connectivity index (χ1) is 14.0. The number of amides is 1. The fraction of sp³-hybridized carbons (Fsp3) is 0.190. The molecule has 0 aliphatic rings. The Morgan fingerprint density at radius 3 is 2.79 bits per heavy atom. The summed E-state index contributed by atoms with van der Waals surface area (Å²) in [5.74, 6) is 0.0871. The predicted octanol–water partition coefficient (Wildman–Crippen LogP) is 5.67. The van der Waals surface area contributed by atoms with Gasteiger partial charge in [-0.3, -0.25) is 4.79 Å². The van der Waals surface area contributed by atoms with Crippen LogP contribution in [0.2, 0.25) is 10.0 Å². The molecule has 0 unspecified atom stereocenters. The molecule has 0 bridgehead atoms. The highest BCUT2D eigenvalue weighted by Crippen LogP contribution is 2.33. The average Bonchev–Trinajstić information content (AvgIpc) is 2.74. The molecule has 150 valence electrons. The fourth-order valence-electron chi connectivity index (χ4n) is 2.67. The largest absolute Gasteiger partial charge is 0.436 e. The van der Waals surface area contributed by atoms with Crippen molar-refractivity contribution in [1.82, 2.24) is 9.97 Å². The quantitative estimate of drug-likeness (QED) is 0.522. The summed E-state index contributed by atoms with van der Waals surface area (Å²) in [6, 6.07) is 12.4. The van der Waals surface area contributed by atoms with Gasteiger partial charge in [0.1, 0.15) is 17.6 Å². The van der Waals surface area contributed by atoms with E-state index < -0.39 is 0 Å². The number of carbonyl (C=O) groups excluding carboxylic acids is 1. The minimum Gasteiger partial charge on any atom is -0.436 e. The van der Waals surface area contributed by atoms with E-state index in [9.17, 15) is 4.79 Å². The number of carbonyl (C=O) groups is 1. The van der Waals surface area contributed by atoms with Gasteiger partial charge in [-0.1, -0.05) is 42.3 Å². The zero-order valence-electron chi connectivity index (χ0n) is 16.0. The molecule has 0 saturated carbocycles. The van der Waals surface area contributed by atoms with Crippen LogP contribution in [0.15, 0.2) is 55.0 Å². The van der Waals surface area contributed by atoms with Crippen molar-refractivity contribution in [2.45, 2.75) is 13.3 Å². The summed E-state index contributed by atoms with van der Waals surface area (Å²) in [7, 11) is 1.69. The molecular weight excluding hydrogens is 411 g/mol. The summed E-state index contributed by atoms with van der Waals surface area (Å²) in [5, 5.41) is 4.14. The highest BCUT2D eigenvalue weighted by atomic mass is 35.5. The third-order valence-corrected chi connectivity index (χ3v) is 4.69. The molecule has 0 fully saturated rings. The number of benzene rings is 2. The number of nitrogens with zero attached hydrogens (tertiary/aromatic N) is 3. The molecule has 6 nitrogen and oxygen atoms in total. The molecule has 0 saturated heterocycles. The molecule has 1 aromatic heterocycles. The minimum absolute atomic E-state index is 0.0972. The number of hydrogen-bond acceptors (Lipinski definition) is 5. The summed E-state index contributed by atoms with van der Waals surface area (Å²) in [4.78, 5) is 22.8. The number of rotatable bonds is 7. The first-order valence-electron chi connectivity index (χ1n) is 9.05. The molecule has 29 heavy (non-hydrogen) atoms. The first-order valence-corrected chi connectivity index (χ1v) is 9.80. The van der Waals surface area contributed by atoms with Crippen molar-refractivity contribution in [3.8, 4) is 11.6 Å². The second kappa shape index (κ2) is 9.58. The van der Waals surface area contributed by atoms with E-state index in [0.717, 1.165) is 24.3 Å². The van der Waals surface area contributed by atoms with Crippen molar-refractivity contribution in [2.24, 2.45) is 0 Å². The summed E-state index contributed by atoms with van der Waals surface area (Å²) in [5.41, 5.74) is 1.81. The first kappa shape index (κ1) is 20.9. The molecule has 0 aliphatic heterocycles. The second-order valence-electron chi connectivity index (χ2n) is 6.23. The van der Waals surface area contributed by atoms with E-state index >= 15 is 0 Å². The van der Waals surface area contributed by atoms with E-state index in [-0.39, 0.29) is 17.4 Å². The number of anilines is 2. The van der Waals surface area contributed by atoms with Gasteiger partial charge in [-0.2, -0.15) is 0 Å². The monoisotopic (exact) mass is 430 g/mol. The Labute approximate surface area is 179 Å². The van der Waals surface area contributed by atoms with E-state index in [1.807, 2.05) is 24.3 Å². The lowest BCUT2D eigenvalue weighted by atomic mass is 10.2. The van der Waals surface area contributed by atoms with Crippen LogP contribution in [-0.2, 0) is 0 Å². The van der Waals surface area contributed by atoms with Crippen molar-refractivity contribution in [2.75, 3.05) is 23.8 Å². The number of nitrogens with one attached hydrogen (secondary N) is 1. The van der Waals surface area contributed by atoms with Crippen molar-refractivity contribution in [3.05, 3.63) is 70.6 Å². The Hall–Kier alpha value is -2.83. The Kier molecular flexibility index (Phi) is 6.90. The smallest absolute Gasteiger partial charge is 0.265 e. The highest BCUT2D eigenvalue weighted by Gasteiger charge is 2.22. The maximum atomic E-state index is 13.2. The molecular formula is C21H20Cl2N4O2. The predicted molar refractivity (Wildman–Crippen MR) is 117 cm³/mol. The number of ether oxygens (including phenoxy) is 1. The summed E-state index contributed by atoms with van der Waals surface area (Å²) >= 11 is 12.2. The fourth-order valence-corrected chi connectivity index (χ4v) is 2.99. The van der Waals surface area contributed by atoms with Crippen LogP contribution < -0.4 is 15.0 Å². The molecule has 3 rings (SSSR count). The molecule has 0 spiro atoms. The summed E-state index contributed by atoms with van der Waals surface area (Å²) in [6.07, 6.45) is 3.69. The molecule has 2 aromatic carbocycles. The normalized spacial score (nSPS) is 10.5. The van der Waals surface area contributed by atoms with Crippen LogP contribution in [-0.4, -0.2) is 29.5 Å². The molecule has 0 radical (unpaired) electrons. The Bertz CT molecular complexity index is 1010. The Balaban J connectivity index is 1.92. The molecule has 0 aliphatic carbocycles. The number of halogens is 2. The molecule has 1 N–H and O–H groups in total. The number of hydrogen-bond donors (Lipinski definition) is 1. The zero-order valence-corrected chi connectivity index (χ0v) is 17.5. The lowest BCUT2D eigenvalue weighted by molar-refractivity contribution is 0.0990. The van der Waals surface area contributed by atoms with Crippen molar-refractivity contribution in [1.29, 1.82) is 0 Å². The van der Waals surface area contributed by atoms with Crippen molar-refractivity contribution in [3.63, 3.8) is 0 Å². The van der Waals surface area contributed by atoms with Gasteiger partial charge in [0.2, 0.25) is 5.88 Å². The Morgan fingerprint density at radius 1 is 1.21 bits per heavy atom. The lowest BCUT2D eigenvalue weighted by Crippen LogP contribution is -2.28. The van der Waals surface area contributed by atoms with E-state index in [1.54, 1.807) is 25.2 Å². The number of para-hydroxylation sites is 2. The maximum Gasteiger partial charge on any atom is 0.265 e. The SMILES string of the molecule is CCCNc1ccccc1N(C)C(=O)c1cncnc1Oc1cc(Cl)ccc1Cl.